The minimum Gasteiger partial charge on any atom is -0.480 e. The standard InChI is InChI=1S/C20H26N6O9/c27-14(21-7-15(28)23-9-17(30)25-11-19(32)33)6-22-16(29)8-24-18(31)10-26-20(34)35-12-13-4-2-1-3-5-13/h1-5H,6-12H2,(H,21,27)(H,22,29)(H,23,28)(H,24,31)(H,25,30)(H,26,34)(H,32,33). The topological polar surface area (TPSA) is 221 Å². The van der Waals surface area contributed by atoms with E-state index >= 15 is 0 Å². The highest BCUT2D eigenvalue weighted by Gasteiger charge is 2.11. The maximum Gasteiger partial charge on any atom is 0.407 e. The van der Waals surface area contributed by atoms with Crippen molar-refractivity contribution in [2.75, 3.05) is 39.3 Å². The van der Waals surface area contributed by atoms with Crippen LogP contribution < -0.4 is 31.9 Å². The van der Waals surface area contributed by atoms with Gasteiger partial charge in [0, 0.05) is 0 Å². The zero-order valence-corrected chi connectivity index (χ0v) is 18.5. The van der Waals surface area contributed by atoms with E-state index in [0.29, 0.717) is 0 Å². The number of benzene rings is 1. The summed E-state index contributed by atoms with van der Waals surface area (Å²) < 4.78 is 4.93. The average molecular weight is 494 g/mol. The van der Waals surface area contributed by atoms with Crippen molar-refractivity contribution < 1.29 is 43.4 Å². The van der Waals surface area contributed by atoms with Crippen molar-refractivity contribution in [1.82, 2.24) is 31.9 Å². The summed E-state index contributed by atoms with van der Waals surface area (Å²) in [7, 11) is 0. The molecule has 1 aromatic rings. The first-order valence-electron chi connectivity index (χ1n) is 10.2. The van der Waals surface area contributed by atoms with Crippen molar-refractivity contribution in [1.29, 1.82) is 0 Å². The summed E-state index contributed by atoms with van der Waals surface area (Å²) in [5.74, 6) is -4.74. The third-order valence-electron chi connectivity index (χ3n) is 3.83. The second-order valence-corrected chi connectivity index (χ2v) is 6.69. The van der Waals surface area contributed by atoms with Crippen LogP contribution in [-0.4, -0.2) is 86.0 Å². The van der Waals surface area contributed by atoms with E-state index in [1.54, 1.807) is 24.3 Å². The fourth-order valence-corrected chi connectivity index (χ4v) is 2.13. The number of carboxylic acid groups (broad SMARTS) is 1. The monoisotopic (exact) mass is 494 g/mol. The third-order valence-corrected chi connectivity index (χ3v) is 3.83. The Morgan fingerprint density at radius 1 is 0.571 bits per heavy atom. The summed E-state index contributed by atoms with van der Waals surface area (Å²) >= 11 is 0. The maximum atomic E-state index is 11.7. The van der Waals surface area contributed by atoms with E-state index in [1.807, 2.05) is 11.4 Å². The fourth-order valence-electron chi connectivity index (χ4n) is 2.13. The van der Waals surface area contributed by atoms with E-state index in [0.717, 1.165) is 5.56 Å². The van der Waals surface area contributed by atoms with Gasteiger partial charge in [-0.1, -0.05) is 30.3 Å². The molecule has 190 valence electrons. The lowest BCUT2D eigenvalue weighted by molar-refractivity contribution is -0.137. The molecule has 0 spiro atoms. The van der Waals surface area contributed by atoms with E-state index in [4.69, 9.17) is 9.84 Å². The molecule has 0 unspecified atom stereocenters. The molecule has 15 heteroatoms. The minimum atomic E-state index is -1.24. The molecule has 0 bridgehead atoms. The van der Waals surface area contributed by atoms with Crippen molar-refractivity contribution >= 4 is 41.6 Å². The molecule has 7 N–H and O–H groups in total. The predicted molar refractivity (Wildman–Crippen MR) is 117 cm³/mol. The highest BCUT2D eigenvalue weighted by Crippen LogP contribution is 2.00. The number of carbonyl (C=O) groups excluding carboxylic acids is 6. The highest BCUT2D eigenvalue weighted by molar-refractivity contribution is 5.91. The Hall–Kier alpha value is -4.69. The first-order valence-corrected chi connectivity index (χ1v) is 10.2. The van der Waals surface area contributed by atoms with Gasteiger partial charge < -0.3 is 41.7 Å². The SMILES string of the molecule is O=C(O)CNC(=O)CNC(=O)CNC(=O)CNC(=O)CNC(=O)CNC(=O)OCc1ccccc1. The van der Waals surface area contributed by atoms with Gasteiger partial charge in [-0.05, 0) is 5.56 Å². The van der Waals surface area contributed by atoms with Crippen LogP contribution in [0, 0.1) is 0 Å². The van der Waals surface area contributed by atoms with Gasteiger partial charge in [-0.15, -0.1) is 0 Å². The molecule has 0 saturated carbocycles. The molecule has 0 aliphatic heterocycles. The van der Waals surface area contributed by atoms with Gasteiger partial charge >= 0.3 is 12.1 Å². The second-order valence-electron chi connectivity index (χ2n) is 6.69. The fraction of sp³-hybridized carbons (Fsp3) is 0.350. The third kappa shape index (κ3) is 14.9. The summed E-state index contributed by atoms with van der Waals surface area (Å²) in [6, 6.07) is 8.91. The number of ether oxygens (including phenoxy) is 1. The molecule has 6 amide bonds. The van der Waals surface area contributed by atoms with Crippen LogP contribution in [0.15, 0.2) is 30.3 Å². The van der Waals surface area contributed by atoms with Gasteiger partial charge in [0.25, 0.3) is 0 Å². The number of hydrogen-bond acceptors (Lipinski definition) is 8. The molecule has 1 rings (SSSR count). The van der Waals surface area contributed by atoms with E-state index < -0.39 is 80.9 Å². The summed E-state index contributed by atoms with van der Waals surface area (Å²) in [6.45, 7) is -2.89. The zero-order chi connectivity index (χ0) is 26.1. The summed E-state index contributed by atoms with van der Waals surface area (Å²) in [5, 5.41) is 21.5. The number of nitrogens with one attached hydrogen (secondary N) is 6. The Morgan fingerprint density at radius 2 is 0.943 bits per heavy atom. The number of hydrogen-bond donors (Lipinski definition) is 7. The van der Waals surface area contributed by atoms with Gasteiger partial charge in [0.15, 0.2) is 0 Å². The Bertz CT molecular complexity index is 923. The average Bonchev–Trinajstić information content (AvgIpc) is 2.85. The molecule has 0 heterocycles. The number of amides is 6. The van der Waals surface area contributed by atoms with Crippen molar-refractivity contribution in [3.8, 4) is 0 Å². The van der Waals surface area contributed by atoms with E-state index in [2.05, 4.69) is 26.6 Å². The largest absolute Gasteiger partial charge is 0.480 e. The molecular weight excluding hydrogens is 468 g/mol. The molecule has 0 saturated heterocycles. The van der Waals surface area contributed by atoms with Gasteiger partial charge in [0.2, 0.25) is 29.5 Å². The molecule has 0 aromatic heterocycles. The van der Waals surface area contributed by atoms with Gasteiger partial charge in [0.05, 0.1) is 26.2 Å². The molecule has 1 aromatic carbocycles. The van der Waals surface area contributed by atoms with Crippen LogP contribution >= 0.6 is 0 Å². The molecule has 0 fully saturated rings. The quantitative estimate of drug-likeness (QED) is 0.137. The van der Waals surface area contributed by atoms with Crippen LogP contribution in [0.4, 0.5) is 4.79 Å². The Labute approximate surface area is 199 Å². The number of carboxylic acids is 1. The first kappa shape index (κ1) is 28.3. The smallest absolute Gasteiger partial charge is 0.407 e. The normalized spacial score (nSPS) is 9.71. The number of carbonyl (C=O) groups is 7. The van der Waals surface area contributed by atoms with Crippen molar-refractivity contribution in [3.05, 3.63) is 35.9 Å². The molecule has 35 heavy (non-hydrogen) atoms. The summed E-state index contributed by atoms with van der Waals surface area (Å²) in [6.07, 6.45) is -0.810. The van der Waals surface area contributed by atoms with Crippen LogP contribution in [0.3, 0.4) is 0 Å². The second kappa shape index (κ2) is 16.0. The van der Waals surface area contributed by atoms with Crippen molar-refractivity contribution in [3.63, 3.8) is 0 Å². The first-order chi connectivity index (χ1) is 16.7. The van der Waals surface area contributed by atoms with Crippen LogP contribution in [0.25, 0.3) is 0 Å². The van der Waals surface area contributed by atoms with E-state index in [-0.39, 0.29) is 6.61 Å². The van der Waals surface area contributed by atoms with Crippen molar-refractivity contribution in [2.24, 2.45) is 0 Å². The molecule has 0 radical (unpaired) electrons. The Morgan fingerprint density at radius 3 is 1.34 bits per heavy atom. The van der Waals surface area contributed by atoms with Gasteiger partial charge in [0.1, 0.15) is 19.7 Å². The van der Waals surface area contributed by atoms with Gasteiger partial charge in [-0.3, -0.25) is 28.8 Å². The number of alkyl carbamates (subject to hydrolysis) is 1. The number of rotatable bonds is 14. The zero-order valence-electron chi connectivity index (χ0n) is 18.5. The van der Waals surface area contributed by atoms with Crippen molar-refractivity contribution in [2.45, 2.75) is 6.61 Å². The summed E-state index contributed by atoms with van der Waals surface area (Å²) in [5.41, 5.74) is 0.772. The van der Waals surface area contributed by atoms with Gasteiger partial charge in [-0.25, -0.2) is 4.79 Å². The van der Waals surface area contributed by atoms with Crippen LogP contribution in [0.2, 0.25) is 0 Å². The van der Waals surface area contributed by atoms with E-state index in [1.165, 1.54) is 0 Å². The lowest BCUT2D eigenvalue weighted by atomic mass is 10.2. The van der Waals surface area contributed by atoms with Crippen LogP contribution in [-0.2, 0) is 40.1 Å². The lowest BCUT2D eigenvalue weighted by Crippen LogP contribution is -2.46. The Balaban J connectivity index is 2.10. The van der Waals surface area contributed by atoms with Crippen LogP contribution in [0.5, 0.6) is 0 Å². The summed E-state index contributed by atoms with van der Waals surface area (Å²) in [4.78, 5) is 79.7. The Kier molecular flexibility index (Phi) is 13.0. The minimum absolute atomic E-state index is 0.0303. The lowest BCUT2D eigenvalue weighted by Gasteiger charge is -2.09. The molecule has 0 aliphatic carbocycles. The maximum absolute atomic E-state index is 11.7. The molecular formula is C20H26N6O9. The highest BCUT2D eigenvalue weighted by atomic mass is 16.5. The predicted octanol–water partition coefficient (Wildman–Crippen LogP) is -3.42. The van der Waals surface area contributed by atoms with Gasteiger partial charge in [-0.2, -0.15) is 0 Å². The molecule has 15 nitrogen and oxygen atoms in total. The van der Waals surface area contributed by atoms with Crippen LogP contribution in [0.1, 0.15) is 5.56 Å². The number of aliphatic carboxylic acids is 1. The van der Waals surface area contributed by atoms with E-state index in [9.17, 15) is 33.6 Å². The molecule has 0 atom stereocenters. The molecule has 0 aliphatic rings.